The topological polar surface area (TPSA) is 52.8 Å². The van der Waals surface area contributed by atoms with Crippen molar-refractivity contribution in [1.29, 1.82) is 0 Å². The molecule has 124 valence electrons. The van der Waals surface area contributed by atoms with Gasteiger partial charge in [0.05, 0.1) is 37.1 Å². The molecule has 0 N–H and O–H groups in total. The molecule has 0 aliphatic rings. The number of aryl methyl sites for hydroxylation is 1. The van der Waals surface area contributed by atoms with Gasteiger partial charge in [-0.05, 0) is 42.8 Å². The highest BCUT2D eigenvalue weighted by atomic mass is 32.1. The van der Waals surface area contributed by atoms with Crippen molar-refractivity contribution < 1.29 is 14.3 Å². The lowest BCUT2D eigenvalue weighted by Crippen LogP contribution is -2.00. The molecule has 0 unspecified atom stereocenters. The van der Waals surface area contributed by atoms with E-state index in [1.54, 1.807) is 17.7 Å². The van der Waals surface area contributed by atoms with Gasteiger partial charge in [-0.2, -0.15) is 5.10 Å². The standard InChI is InChI=1S/C18H18N2O3S/c1-12-3-8-16(18(21)24)17-9-14(19-20(12)17)11-23-10-13-4-6-15(22-2)7-5-13/h3-9H,10-11H2,1-2H3,(H,21,24). The first-order chi connectivity index (χ1) is 11.6. The summed E-state index contributed by atoms with van der Waals surface area (Å²) in [6.07, 6.45) is 0. The highest BCUT2D eigenvalue weighted by molar-refractivity contribution is 7.97. The van der Waals surface area contributed by atoms with Crippen molar-refractivity contribution in [1.82, 2.24) is 9.61 Å². The molecule has 3 aromatic rings. The van der Waals surface area contributed by atoms with Crippen LogP contribution in [0.1, 0.15) is 27.3 Å². The van der Waals surface area contributed by atoms with E-state index in [0.717, 1.165) is 28.2 Å². The minimum Gasteiger partial charge on any atom is -0.497 e. The monoisotopic (exact) mass is 342 g/mol. The zero-order chi connectivity index (χ0) is 17.1. The van der Waals surface area contributed by atoms with Crippen LogP contribution in [0, 0.1) is 6.92 Å². The van der Waals surface area contributed by atoms with Crippen molar-refractivity contribution in [2.45, 2.75) is 20.1 Å². The van der Waals surface area contributed by atoms with Gasteiger partial charge in [-0.3, -0.25) is 4.79 Å². The number of ether oxygens (including phenoxy) is 2. The summed E-state index contributed by atoms with van der Waals surface area (Å²) < 4.78 is 12.6. The predicted molar refractivity (Wildman–Crippen MR) is 94.7 cm³/mol. The van der Waals surface area contributed by atoms with E-state index < -0.39 is 0 Å². The number of benzene rings is 1. The number of nitrogens with zero attached hydrogens (tertiary/aromatic N) is 2. The molecule has 0 spiro atoms. The molecule has 5 nitrogen and oxygen atoms in total. The molecule has 0 fully saturated rings. The molecule has 2 aromatic heterocycles. The SMILES string of the molecule is COc1ccc(COCc2cc3c(C(=O)S)ccc(C)n3n2)cc1. The molecule has 6 heteroatoms. The highest BCUT2D eigenvalue weighted by Crippen LogP contribution is 2.18. The van der Waals surface area contributed by atoms with Crippen LogP contribution in [0.3, 0.4) is 0 Å². The third-order valence-electron chi connectivity index (χ3n) is 3.77. The summed E-state index contributed by atoms with van der Waals surface area (Å²) in [5.41, 5.74) is 4.07. The minimum atomic E-state index is -0.273. The van der Waals surface area contributed by atoms with Crippen molar-refractivity contribution in [3.05, 3.63) is 65.0 Å². The Bertz CT molecular complexity index is 872. The Morgan fingerprint density at radius 3 is 2.58 bits per heavy atom. The number of hydrogen-bond donors (Lipinski definition) is 1. The molecule has 0 aliphatic carbocycles. The van der Waals surface area contributed by atoms with E-state index in [9.17, 15) is 4.79 Å². The lowest BCUT2D eigenvalue weighted by Gasteiger charge is -2.04. The Kier molecular flexibility index (Phi) is 4.87. The zero-order valence-electron chi connectivity index (χ0n) is 13.5. The molecule has 0 radical (unpaired) electrons. The van der Waals surface area contributed by atoms with Crippen LogP contribution < -0.4 is 4.74 Å². The van der Waals surface area contributed by atoms with Crippen LogP contribution in [-0.2, 0) is 18.0 Å². The van der Waals surface area contributed by atoms with E-state index in [4.69, 9.17) is 9.47 Å². The molecule has 0 saturated carbocycles. The largest absolute Gasteiger partial charge is 0.497 e. The number of aromatic nitrogens is 2. The first kappa shape index (κ1) is 16.5. The summed E-state index contributed by atoms with van der Waals surface area (Å²) in [4.78, 5) is 11.6. The number of fused-ring (bicyclic) bond motifs is 1. The third kappa shape index (κ3) is 3.44. The van der Waals surface area contributed by atoms with Gasteiger partial charge in [-0.25, -0.2) is 4.52 Å². The van der Waals surface area contributed by atoms with E-state index in [1.807, 2.05) is 43.3 Å². The molecule has 0 saturated heterocycles. The van der Waals surface area contributed by atoms with Crippen LogP contribution in [0.15, 0.2) is 42.5 Å². The fourth-order valence-electron chi connectivity index (χ4n) is 2.50. The van der Waals surface area contributed by atoms with E-state index in [0.29, 0.717) is 18.8 Å². The Labute approximate surface area is 145 Å². The van der Waals surface area contributed by atoms with Crippen LogP contribution in [0.25, 0.3) is 5.52 Å². The molecular formula is C18H18N2O3S. The Morgan fingerprint density at radius 1 is 1.17 bits per heavy atom. The van der Waals surface area contributed by atoms with Crippen LogP contribution in [0.2, 0.25) is 0 Å². The van der Waals surface area contributed by atoms with Crippen LogP contribution in [0.4, 0.5) is 0 Å². The van der Waals surface area contributed by atoms with Crippen molar-refractivity contribution in [3.63, 3.8) is 0 Å². The van der Waals surface area contributed by atoms with Crippen LogP contribution in [0.5, 0.6) is 5.75 Å². The van der Waals surface area contributed by atoms with Gasteiger partial charge in [0.15, 0.2) is 0 Å². The number of carbonyl (C=O) groups excluding carboxylic acids is 1. The second kappa shape index (κ2) is 7.07. The molecule has 24 heavy (non-hydrogen) atoms. The molecule has 1 aromatic carbocycles. The van der Waals surface area contributed by atoms with E-state index in [-0.39, 0.29) is 5.12 Å². The molecule has 0 amide bonds. The smallest absolute Gasteiger partial charge is 0.218 e. The fourth-order valence-corrected chi connectivity index (χ4v) is 2.69. The van der Waals surface area contributed by atoms with Crippen molar-refractivity contribution in [2.75, 3.05) is 7.11 Å². The van der Waals surface area contributed by atoms with Gasteiger partial charge in [0.1, 0.15) is 5.75 Å². The average molecular weight is 342 g/mol. The third-order valence-corrected chi connectivity index (χ3v) is 4.01. The number of pyridine rings is 1. The highest BCUT2D eigenvalue weighted by Gasteiger charge is 2.12. The normalized spacial score (nSPS) is 11.0. The first-order valence-corrected chi connectivity index (χ1v) is 7.95. The number of thiol groups is 1. The lowest BCUT2D eigenvalue weighted by molar-refractivity contribution is 0.104. The van der Waals surface area contributed by atoms with Gasteiger partial charge in [0.25, 0.3) is 0 Å². The quantitative estimate of drug-likeness (QED) is 0.697. The van der Waals surface area contributed by atoms with Crippen molar-refractivity contribution in [2.24, 2.45) is 0 Å². The van der Waals surface area contributed by atoms with Gasteiger partial charge in [0, 0.05) is 5.69 Å². The summed E-state index contributed by atoms with van der Waals surface area (Å²) in [6, 6.07) is 13.2. The molecule has 2 heterocycles. The number of rotatable bonds is 6. The van der Waals surface area contributed by atoms with Crippen molar-refractivity contribution in [3.8, 4) is 5.75 Å². The number of methoxy groups -OCH3 is 1. The summed E-state index contributed by atoms with van der Waals surface area (Å²) >= 11 is 3.92. The first-order valence-electron chi connectivity index (χ1n) is 7.50. The van der Waals surface area contributed by atoms with Crippen molar-refractivity contribution >= 4 is 23.3 Å². The van der Waals surface area contributed by atoms with Gasteiger partial charge in [-0.1, -0.05) is 12.1 Å². The molecule has 0 aliphatic heterocycles. The van der Waals surface area contributed by atoms with E-state index >= 15 is 0 Å². The summed E-state index contributed by atoms with van der Waals surface area (Å²) in [5, 5.41) is 4.23. The Morgan fingerprint density at radius 2 is 1.92 bits per heavy atom. The van der Waals surface area contributed by atoms with E-state index in [1.165, 1.54) is 0 Å². The van der Waals surface area contributed by atoms with Gasteiger partial charge < -0.3 is 9.47 Å². The van der Waals surface area contributed by atoms with E-state index in [2.05, 4.69) is 17.7 Å². The van der Waals surface area contributed by atoms with Gasteiger partial charge >= 0.3 is 0 Å². The second-order valence-corrected chi connectivity index (χ2v) is 5.87. The molecule has 0 atom stereocenters. The maximum absolute atomic E-state index is 11.6. The van der Waals surface area contributed by atoms with Crippen LogP contribution >= 0.6 is 12.6 Å². The predicted octanol–water partition coefficient (Wildman–Crippen LogP) is 3.44. The molecule has 0 bridgehead atoms. The zero-order valence-corrected chi connectivity index (χ0v) is 14.4. The minimum absolute atomic E-state index is 0.273. The maximum atomic E-state index is 11.6. The lowest BCUT2D eigenvalue weighted by atomic mass is 10.2. The number of hydrogen-bond acceptors (Lipinski definition) is 4. The fraction of sp³-hybridized carbons (Fsp3) is 0.222. The molecule has 3 rings (SSSR count). The Hall–Kier alpha value is -2.31. The summed E-state index contributed by atoms with van der Waals surface area (Å²) in [7, 11) is 1.64. The van der Waals surface area contributed by atoms with Gasteiger partial charge in [0.2, 0.25) is 5.12 Å². The maximum Gasteiger partial charge on any atom is 0.218 e. The summed E-state index contributed by atoms with van der Waals surface area (Å²) in [5.74, 6) is 0.818. The molecular weight excluding hydrogens is 324 g/mol. The Balaban J connectivity index is 1.72. The average Bonchev–Trinajstić information content (AvgIpc) is 3.00. The summed E-state index contributed by atoms with van der Waals surface area (Å²) in [6.45, 7) is 2.79. The van der Waals surface area contributed by atoms with Crippen LogP contribution in [-0.4, -0.2) is 21.8 Å². The number of carbonyl (C=O) groups is 1. The second-order valence-electron chi connectivity index (χ2n) is 5.47. The van der Waals surface area contributed by atoms with Gasteiger partial charge in [-0.15, -0.1) is 12.6 Å².